The average molecular weight is 390 g/mol. The summed E-state index contributed by atoms with van der Waals surface area (Å²) in [7, 11) is 1.58. The van der Waals surface area contributed by atoms with Crippen LogP contribution < -0.4 is 15.0 Å². The van der Waals surface area contributed by atoms with Gasteiger partial charge in [0.2, 0.25) is 0 Å². The Morgan fingerprint density at radius 3 is 2.45 bits per heavy atom. The number of carbonyl (C=O) groups excluding carboxylic acids is 1. The van der Waals surface area contributed by atoms with Gasteiger partial charge in [0.15, 0.2) is 6.29 Å². The number of para-hydroxylation sites is 2. The summed E-state index contributed by atoms with van der Waals surface area (Å²) in [4.78, 5) is 14.9. The molecule has 1 aliphatic heterocycles. The third-order valence-corrected chi connectivity index (χ3v) is 5.03. The van der Waals surface area contributed by atoms with Crippen molar-refractivity contribution in [1.82, 2.24) is 0 Å². The second-order valence-corrected chi connectivity index (χ2v) is 6.75. The van der Waals surface area contributed by atoms with Gasteiger partial charge in [0, 0.05) is 17.3 Å². The lowest BCUT2D eigenvalue weighted by Gasteiger charge is -2.27. The van der Waals surface area contributed by atoms with E-state index in [-0.39, 0.29) is 12.6 Å². The number of nitrogens with zero attached hydrogens (tertiary/aromatic N) is 1. The molecule has 29 heavy (non-hydrogen) atoms. The Morgan fingerprint density at radius 1 is 1.14 bits per heavy atom. The van der Waals surface area contributed by atoms with Crippen LogP contribution in [-0.2, 0) is 11.3 Å². The standard InChI is InChI=1S/C23H22N2O4/c1-15-18-14-29-22(26)21(18)19(13-20(15)28-2)25(17-11-7-4-8-12-17)23(27)24-16-9-5-3-6-10-16/h3-13,22,26H,14H2,1-2H3,(H,24,27). The van der Waals surface area contributed by atoms with Crippen molar-refractivity contribution in [3.8, 4) is 5.75 Å². The number of aliphatic hydroxyl groups is 1. The summed E-state index contributed by atoms with van der Waals surface area (Å²) in [6.07, 6.45) is -1.11. The number of amides is 2. The SMILES string of the molecule is COc1cc(N(C(=O)Nc2ccccc2)c2ccccc2)c2c(c1C)COC2O. The van der Waals surface area contributed by atoms with Gasteiger partial charge in [-0.05, 0) is 42.3 Å². The van der Waals surface area contributed by atoms with Gasteiger partial charge in [0.05, 0.1) is 25.1 Å². The van der Waals surface area contributed by atoms with E-state index in [4.69, 9.17) is 9.47 Å². The first-order chi connectivity index (χ1) is 14.1. The molecule has 1 heterocycles. The Bertz CT molecular complexity index is 1020. The molecular weight excluding hydrogens is 368 g/mol. The van der Waals surface area contributed by atoms with Crippen molar-refractivity contribution in [2.45, 2.75) is 19.8 Å². The van der Waals surface area contributed by atoms with Crippen LogP contribution in [0.25, 0.3) is 0 Å². The largest absolute Gasteiger partial charge is 0.496 e. The number of aliphatic hydroxyl groups excluding tert-OH is 1. The first kappa shape index (κ1) is 19.0. The van der Waals surface area contributed by atoms with Crippen molar-refractivity contribution in [2.24, 2.45) is 0 Å². The van der Waals surface area contributed by atoms with E-state index in [1.165, 1.54) is 4.90 Å². The van der Waals surface area contributed by atoms with Crippen molar-refractivity contribution in [3.05, 3.63) is 83.4 Å². The van der Waals surface area contributed by atoms with Crippen molar-refractivity contribution >= 4 is 23.1 Å². The van der Waals surface area contributed by atoms with Crippen LogP contribution in [0.2, 0.25) is 0 Å². The highest BCUT2D eigenvalue weighted by atomic mass is 16.6. The van der Waals surface area contributed by atoms with Crippen molar-refractivity contribution in [2.75, 3.05) is 17.3 Å². The van der Waals surface area contributed by atoms with Gasteiger partial charge in [-0.3, -0.25) is 4.90 Å². The van der Waals surface area contributed by atoms with Crippen molar-refractivity contribution < 1.29 is 19.4 Å². The van der Waals surface area contributed by atoms with Gasteiger partial charge < -0.3 is 19.9 Å². The Kier molecular flexibility index (Phi) is 5.20. The van der Waals surface area contributed by atoms with Gasteiger partial charge in [-0.15, -0.1) is 0 Å². The second-order valence-electron chi connectivity index (χ2n) is 6.75. The molecule has 0 saturated heterocycles. The molecule has 4 rings (SSSR count). The highest BCUT2D eigenvalue weighted by molar-refractivity contribution is 6.08. The zero-order chi connectivity index (χ0) is 20.4. The van der Waals surface area contributed by atoms with Crippen LogP contribution in [0, 0.1) is 6.92 Å². The molecule has 2 amide bonds. The Labute approximate surface area is 169 Å². The monoisotopic (exact) mass is 390 g/mol. The third kappa shape index (κ3) is 3.55. The van der Waals surface area contributed by atoms with E-state index in [1.807, 2.05) is 67.6 Å². The maximum atomic E-state index is 13.4. The minimum Gasteiger partial charge on any atom is -0.496 e. The summed E-state index contributed by atoms with van der Waals surface area (Å²) in [5.74, 6) is 0.630. The molecule has 0 saturated carbocycles. The number of anilines is 3. The Balaban J connectivity index is 1.86. The highest BCUT2D eigenvalue weighted by Crippen LogP contribution is 2.44. The fraction of sp³-hybridized carbons (Fsp3) is 0.174. The molecule has 1 unspecified atom stereocenters. The number of fused-ring (bicyclic) bond motifs is 1. The van der Waals surface area contributed by atoms with Crippen LogP contribution in [0.5, 0.6) is 5.75 Å². The molecule has 0 bridgehead atoms. The van der Waals surface area contributed by atoms with E-state index in [9.17, 15) is 9.90 Å². The molecule has 0 aliphatic carbocycles. The minimum absolute atomic E-state index is 0.259. The van der Waals surface area contributed by atoms with E-state index in [0.29, 0.717) is 28.4 Å². The van der Waals surface area contributed by atoms with Gasteiger partial charge in [-0.25, -0.2) is 4.79 Å². The normalized spacial score (nSPS) is 14.9. The molecule has 0 aromatic heterocycles. The van der Waals surface area contributed by atoms with Gasteiger partial charge in [-0.2, -0.15) is 0 Å². The summed E-state index contributed by atoms with van der Waals surface area (Å²) in [5, 5.41) is 13.4. The molecule has 148 valence electrons. The highest BCUT2D eigenvalue weighted by Gasteiger charge is 2.33. The average Bonchev–Trinajstić information content (AvgIpc) is 3.14. The van der Waals surface area contributed by atoms with Crippen molar-refractivity contribution in [1.29, 1.82) is 0 Å². The zero-order valence-corrected chi connectivity index (χ0v) is 16.3. The summed E-state index contributed by atoms with van der Waals surface area (Å²) in [5.41, 5.74) is 4.15. The van der Waals surface area contributed by atoms with Crippen LogP contribution >= 0.6 is 0 Å². The smallest absolute Gasteiger partial charge is 0.330 e. The topological polar surface area (TPSA) is 71.0 Å². The number of hydrogen-bond acceptors (Lipinski definition) is 4. The fourth-order valence-electron chi connectivity index (χ4n) is 3.56. The van der Waals surface area contributed by atoms with Crippen LogP contribution in [0.1, 0.15) is 23.0 Å². The fourth-order valence-corrected chi connectivity index (χ4v) is 3.56. The molecule has 0 radical (unpaired) electrons. The Hall–Kier alpha value is -3.35. The van der Waals surface area contributed by atoms with Gasteiger partial charge in [-0.1, -0.05) is 36.4 Å². The summed E-state index contributed by atoms with van der Waals surface area (Å²) in [6, 6.07) is 19.9. The Morgan fingerprint density at radius 2 is 1.79 bits per heavy atom. The lowest BCUT2D eigenvalue weighted by molar-refractivity contribution is -0.0915. The van der Waals surface area contributed by atoms with E-state index < -0.39 is 6.29 Å². The quantitative estimate of drug-likeness (QED) is 0.665. The van der Waals surface area contributed by atoms with E-state index in [0.717, 1.165) is 11.1 Å². The number of urea groups is 1. The van der Waals surface area contributed by atoms with Gasteiger partial charge in [0.25, 0.3) is 0 Å². The molecule has 6 heteroatoms. The first-order valence-corrected chi connectivity index (χ1v) is 9.31. The minimum atomic E-state index is -1.11. The lowest BCUT2D eigenvalue weighted by atomic mass is 9.99. The van der Waals surface area contributed by atoms with E-state index in [2.05, 4.69) is 5.32 Å². The van der Waals surface area contributed by atoms with Crippen LogP contribution in [0.3, 0.4) is 0 Å². The summed E-state index contributed by atoms with van der Waals surface area (Å²) >= 11 is 0. The number of methoxy groups -OCH3 is 1. The summed E-state index contributed by atoms with van der Waals surface area (Å²) < 4.78 is 11.0. The second kappa shape index (κ2) is 7.95. The first-order valence-electron chi connectivity index (χ1n) is 9.31. The number of benzene rings is 3. The van der Waals surface area contributed by atoms with Crippen molar-refractivity contribution in [3.63, 3.8) is 0 Å². The predicted molar refractivity (Wildman–Crippen MR) is 112 cm³/mol. The van der Waals surface area contributed by atoms with Crippen LogP contribution in [0.4, 0.5) is 21.9 Å². The molecule has 2 N–H and O–H groups in total. The molecule has 6 nitrogen and oxygen atoms in total. The van der Waals surface area contributed by atoms with E-state index >= 15 is 0 Å². The third-order valence-electron chi connectivity index (χ3n) is 5.03. The molecule has 3 aromatic rings. The number of hydrogen-bond donors (Lipinski definition) is 2. The van der Waals surface area contributed by atoms with Crippen LogP contribution in [-0.4, -0.2) is 18.2 Å². The predicted octanol–water partition coefficient (Wildman–Crippen LogP) is 4.89. The van der Waals surface area contributed by atoms with Crippen LogP contribution in [0.15, 0.2) is 66.7 Å². The molecule has 0 fully saturated rings. The molecule has 0 spiro atoms. The maximum absolute atomic E-state index is 13.4. The summed E-state index contributed by atoms with van der Waals surface area (Å²) in [6.45, 7) is 2.18. The lowest BCUT2D eigenvalue weighted by Crippen LogP contribution is -2.32. The van der Waals surface area contributed by atoms with Gasteiger partial charge >= 0.3 is 6.03 Å². The number of ether oxygens (including phenoxy) is 2. The van der Waals surface area contributed by atoms with Gasteiger partial charge in [0.1, 0.15) is 5.75 Å². The number of rotatable bonds is 4. The number of carbonyl (C=O) groups is 1. The number of nitrogens with one attached hydrogen (secondary N) is 1. The molecular formula is C23H22N2O4. The molecule has 3 aromatic carbocycles. The van der Waals surface area contributed by atoms with E-state index in [1.54, 1.807) is 13.2 Å². The molecule has 1 aliphatic rings. The molecule has 1 atom stereocenters. The maximum Gasteiger partial charge on any atom is 0.330 e. The zero-order valence-electron chi connectivity index (χ0n) is 16.3.